The van der Waals surface area contributed by atoms with Gasteiger partial charge in [-0.15, -0.1) is 0 Å². The molecule has 51 heavy (non-hydrogen) atoms. The first-order valence-corrected chi connectivity index (χ1v) is 15.7. The maximum absolute atomic E-state index is 12.7. The third kappa shape index (κ3) is 11.9. The summed E-state index contributed by atoms with van der Waals surface area (Å²) in [5.74, 6) is -2.67. The van der Waals surface area contributed by atoms with Crippen molar-refractivity contribution >= 4 is 46.5 Å². The molecule has 0 saturated heterocycles. The predicted molar refractivity (Wildman–Crippen MR) is 182 cm³/mol. The molecular weight excluding hydrogens is 664 g/mol. The lowest BCUT2D eigenvalue weighted by Gasteiger charge is -2.15. The van der Waals surface area contributed by atoms with Crippen molar-refractivity contribution in [2.75, 3.05) is 50.6 Å². The van der Waals surface area contributed by atoms with Crippen molar-refractivity contribution in [1.29, 1.82) is 5.26 Å². The Morgan fingerprint density at radius 3 is 2.37 bits per heavy atom. The lowest BCUT2D eigenvalue weighted by molar-refractivity contribution is -0.139. The molecule has 1 unspecified atom stereocenters. The monoisotopic (exact) mass is 700 g/mol. The minimum atomic E-state index is -1.29. The van der Waals surface area contributed by atoms with E-state index < -0.39 is 29.4 Å². The minimum absolute atomic E-state index is 0.0484. The number of aromatic amines is 1. The van der Waals surface area contributed by atoms with Gasteiger partial charge in [-0.05, 0) is 48.9 Å². The molecule has 2 aromatic heterocycles. The van der Waals surface area contributed by atoms with Crippen LogP contribution in [-0.2, 0) is 25.6 Å². The van der Waals surface area contributed by atoms with Crippen molar-refractivity contribution in [3.05, 3.63) is 87.5 Å². The van der Waals surface area contributed by atoms with Gasteiger partial charge in [-0.25, -0.2) is 14.8 Å². The van der Waals surface area contributed by atoms with Crippen LogP contribution in [0.4, 0.5) is 11.6 Å². The molecule has 0 spiro atoms. The first-order valence-electron chi connectivity index (χ1n) is 15.7. The Hall–Kier alpha value is -6.45. The quantitative estimate of drug-likeness (QED) is 0.0649. The molecule has 4 rings (SSSR count). The number of anilines is 2. The summed E-state index contributed by atoms with van der Waals surface area (Å²) >= 11 is 0. The Bertz CT molecular complexity index is 1940. The Balaban J connectivity index is 1.07. The van der Waals surface area contributed by atoms with Crippen LogP contribution in [0.25, 0.3) is 11.2 Å². The highest BCUT2D eigenvalue weighted by atomic mass is 16.5. The number of hydrogen-bond acceptors (Lipinski definition) is 13. The number of carbonyl (C=O) groups is 4. The van der Waals surface area contributed by atoms with Gasteiger partial charge in [-0.3, -0.25) is 24.2 Å². The molecule has 2 heterocycles. The van der Waals surface area contributed by atoms with Crippen LogP contribution in [0.15, 0.2) is 59.5 Å². The summed E-state index contributed by atoms with van der Waals surface area (Å²) in [5, 5.41) is 29.4. The van der Waals surface area contributed by atoms with E-state index in [1.165, 1.54) is 24.4 Å². The van der Waals surface area contributed by atoms with Crippen molar-refractivity contribution < 1.29 is 33.8 Å². The fourth-order valence-electron chi connectivity index (χ4n) is 4.50. The lowest BCUT2D eigenvalue weighted by Crippen LogP contribution is -2.41. The van der Waals surface area contributed by atoms with E-state index in [4.69, 9.17) is 20.5 Å². The summed E-state index contributed by atoms with van der Waals surface area (Å²) in [6.07, 6.45) is 1.19. The number of carboxylic acids is 1. The van der Waals surface area contributed by atoms with E-state index in [0.717, 1.165) is 0 Å². The average Bonchev–Trinajstić information content (AvgIpc) is 3.13. The van der Waals surface area contributed by atoms with Gasteiger partial charge in [0.15, 0.2) is 11.2 Å². The maximum atomic E-state index is 12.7. The molecule has 1 atom stereocenters. The molecule has 0 bridgehead atoms. The Kier molecular flexibility index (Phi) is 13.9. The number of nitrogens with two attached hydrogens (primary N) is 1. The van der Waals surface area contributed by atoms with Gasteiger partial charge in [-0.2, -0.15) is 10.2 Å². The summed E-state index contributed by atoms with van der Waals surface area (Å²) in [5.41, 5.74) is 7.27. The highest BCUT2D eigenvalue weighted by molar-refractivity contribution is 5.97. The van der Waals surface area contributed by atoms with Crippen LogP contribution in [0, 0.1) is 11.3 Å². The van der Waals surface area contributed by atoms with Crippen LogP contribution in [0.1, 0.15) is 44.8 Å². The molecule has 0 aliphatic heterocycles. The van der Waals surface area contributed by atoms with E-state index in [2.05, 4.69) is 41.2 Å². The van der Waals surface area contributed by atoms with Crippen LogP contribution >= 0.6 is 0 Å². The zero-order valence-electron chi connectivity index (χ0n) is 27.3. The number of nitrogens with one attached hydrogen (secondary N) is 5. The molecule has 2 aromatic carbocycles. The van der Waals surface area contributed by atoms with Crippen molar-refractivity contribution in [3.63, 3.8) is 0 Å². The fourth-order valence-corrected chi connectivity index (χ4v) is 4.50. The van der Waals surface area contributed by atoms with E-state index in [-0.39, 0.29) is 87.5 Å². The van der Waals surface area contributed by atoms with Gasteiger partial charge in [0.1, 0.15) is 6.04 Å². The van der Waals surface area contributed by atoms with Crippen molar-refractivity contribution in [3.8, 4) is 6.07 Å². The van der Waals surface area contributed by atoms with Crippen LogP contribution < -0.4 is 32.6 Å². The molecule has 0 aliphatic rings. The zero-order valence-corrected chi connectivity index (χ0v) is 27.3. The number of hydrogen-bond donors (Lipinski definition) is 7. The third-order valence-corrected chi connectivity index (χ3v) is 7.10. The predicted octanol–water partition coefficient (Wildman–Crippen LogP) is 0.322. The second kappa shape index (κ2) is 18.9. The number of carbonyl (C=O) groups excluding carboxylic acids is 3. The van der Waals surface area contributed by atoms with E-state index in [1.54, 1.807) is 30.3 Å². The maximum Gasteiger partial charge on any atom is 0.326 e. The molecule has 18 nitrogen and oxygen atoms in total. The first-order chi connectivity index (χ1) is 24.6. The topological polar surface area (TPSA) is 276 Å². The highest BCUT2D eigenvalue weighted by Crippen LogP contribution is 2.12. The standard InChI is InChI=1S/C33H36N10O8/c34-17-20-2-1-3-22(16-20)29(45)37-11-13-51-15-14-50-12-10-36-26(44)9-8-25(32(48)49)41-30(46)21-4-6-23(7-5-21)38-18-24-19-39-28-27(40-24)31(47)43-33(35)42-28/h1-7,16,19,25,38H,8-15,18H2,(H,36,44)(H,37,45)(H,41,46)(H,48,49)(H3,35,39,42,43,47). The Morgan fingerprint density at radius 2 is 1.67 bits per heavy atom. The lowest BCUT2D eigenvalue weighted by atomic mass is 10.1. The number of benzene rings is 2. The number of carboxylic acid groups (broad SMARTS) is 1. The molecule has 0 aliphatic carbocycles. The third-order valence-electron chi connectivity index (χ3n) is 7.10. The van der Waals surface area contributed by atoms with Crippen LogP contribution in [0.2, 0.25) is 0 Å². The zero-order chi connectivity index (χ0) is 36.6. The number of aliphatic carboxylic acids is 1. The van der Waals surface area contributed by atoms with Gasteiger partial charge < -0.3 is 41.6 Å². The van der Waals surface area contributed by atoms with Gasteiger partial charge >= 0.3 is 5.97 Å². The molecule has 266 valence electrons. The number of rotatable bonds is 19. The number of amides is 3. The molecular formula is C33H36N10O8. The first kappa shape index (κ1) is 37.4. The van der Waals surface area contributed by atoms with E-state index in [0.29, 0.717) is 22.5 Å². The highest BCUT2D eigenvalue weighted by Gasteiger charge is 2.22. The number of nitriles is 1. The number of ether oxygens (including phenoxy) is 2. The Morgan fingerprint density at radius 1 is 0.941 bits per heavy atom. The number of aromatic nitrogens is 4. The second-order valence-electron chi connectivity index (χ2n) is 10.8. The number of H-pyrrole nitrogens is 1. The smallest absolute Gasteiger partial charge is 0.326 e. The van der Waals surface area contributed by atoms with Gasteiger partial charge in [0.2, 0.25) is 11.9 Å². The average molecular weight is 701 g/mol. The van der Waals surface area contributed by atoms with Crippen LogP contribution in [0.3, 0.4) is 0 Å². The van der Waals surface area contributed by atoms with Crippen LogP contribution in [0.5, 0.6) is 0 Å². The largest absolute Gasteiger partial charge is 0.480 e. The fraction of sp³-hybridized carbons (Fsp3) is 0.303. The van der Waals surface area contributed by atoms with Crippen molar-refractivity contribution in [2.45, 2.75) is 25.4 Å². The molecule has 0 fully saturated rings. The molecule has 0 radical (unpaired) electrons. The van der Waals surface area contributed by atoms with Gasteiger partial charge in [0.25, 0.3) is 17.4 Å². The van der Waals surface area contributed by atoms with E-state index in [9.17, 15) is 29.1 Å². The molecule has 8 N–H and O–H groups in total. The summed E-state index contributed by atoms with van der Waals surface area (Å²) < 4.78 is 10.8. The van der Waals surface area contributed by atoms with Gasteiger partial charge in [0.05, 0.1) is 56.5 Å². The normalized spacial score (nSPS) is 11.3. The van der Waals surface area contributed by atoms with Gasteiger partial charge in [0, 0.05) is 36.3 Å². The molecule has 3 amide bonds. The number of nitrogens with zero attached hydrogens (tertiary/aromatic N) is 4. The number of fused-ring (bicyclic) bond motifs is 1. The van der Waals surface area contributed by atoms with Gasteiger partial charge in [-0.1, -0.05) is 6.07 Å². The summed E-state index contributed by atoms with van der Waals surface area (Å²) in [6.45, 7) is 1.67. The summed E-state index contributed by atoms with van der Waals surface area (Å²) in [6, 6.07) is 13.3. The van der Waals surface area contributed by atoms with E-state index >= 15 is 0 Å². The minimum Gasteiger partial charge on any atom is -0.480 e. The van der Waals surface area contributed by atoms with Crippen molar-refractivity contribution in [1.82, 2.24) is 35.9 Å². The summed E-state index contributed by atoms with van der Waals surface area (Å²) in [4.78, 5) is 75.5. The molecule has 4 aromatic rings. The number of nitrogen functional groups attached to an aromatic ring is 1. The summed E-state index contributed by atoms with van der Waals surface area (Å²) in [7, 11) is 0. The van der Waals surface area contributed by atoms with Crippen molar-refractivity contribution in [2.24, 2.45) is 0 Å². The SMILES string of the molecule is N#Cc1cccc(C(=O)NCCOCCOCCNC(=O)CCC(NC(=O)c2ccc(NCc3cnc4nc(N)[nH]c(=O)c4n3)cc2)C(=O)O)c1. The Labute approximate surface area is 290 Å². The molecule has 0 saturated carbocycles. The molecule has 18 heteroatoms. The second-order valence-corrected chi connectivity index (χ2v) is 10.8. The van der Waals surface area contributed by atoms with E-state index in [1.807, 2.05) is 6.07 Å². The van der Waals surface area contributed by atoms with Crippen LogP contribution in [-0.4, -0.2) is 94.3 Å².